The molecule has 0 aliphatic carbocycles. The summed E-state index contributed by atoms with van der Waals surface area (Å²) in [4.78, 5) is 16.7. The summed E-state index contributed by atoms with van der Waals surface area (Å²) in [5, 5.41) is 33.3. The van der Waals surface area contributed by atoms with E-state index in [-0.39, 0.29) is 24.9 Å². The van der Waals surface area contributed by atoms with Gasteiger partial charge in [-0.25, -0.2) is 9.18 Å². The number of rotatable bonds is 8. The Labute approximate surface area is 200 Å². The molecule has 0 radical (unpaired) electrons. The van der Waals surface area contributed by atoms with E-state index in [1.807, 2.05) is 0 Å². The molecule has 0 fully saturated rings. The summed E-state index contributed by atoms with van der Waals surface area (Å²) in [7, 11) is 0. The molecule has 0 amide bonds. The lowest BCUT2D eigenvalue weighted by molar-refractivity contribution is -0.142. The Balaban J connectivity index is 1.73. The van der Waals surface area contributed by atoms with Gasteiger partial charge in [0, 0.05) is 11.3 Å². The van der Waals surface area contributed by atoms with E-state index in [1.54, 1.807) is 49.1 Å². The van der Waals surface area contributed by atoms with Crippen molar-refractivity contribution in [3.8, 4) is 11.8 Å². The first-order valence-corrected chi connectivity index (χ1v) is 10.7. The molecular weight excluding hydrogens is 459 g/mol. The van der Waals surface area contributed by atoms with Gasteiger partial charge in [0.2, 0.25) is 5.89 Å². The second-order valence-electron chi connectivity index (χ2n) is 8.55. The number of ether oxygens (including phenoxy) is 2. The SMILES string of the molecule is CC1(C)Oc2ccc(C#N)cc2C(N(Cc2nc(COCC(=O)O)no2)c2ccc(F)cc2)C1O. The lowest BCUT2D eigenvalue weighted by Gasteiger charge is -2.46. The number of hydrogen-bond acceptors (Lipinski definition) is 9. The van der Waals surface area contributed by atoms with E-state index in [1.165, 1.54) is 12.1 Å². The molecule has 0 saturated heterocycles. The quantitative estimate of drug-likeness (QED) is 0.492. The highest BCUT2D eigenvalue weighted by Crippen LogP contribution is 2.45. The Morgan fingerprint density at radius 1 is 1.29 bits per heavy atom. The molecular formula is C24H23FN4O6. The molecule has 182 valence electrons. The van der Waals surface area contributed by atoms with Gasteiger partial charge in [0.1, 0.15) is 36.5 Å². The molecule has 2 heterocycles. The first-order chi connectivity index (χ1) is 16.7. The number of aliphatic hydroxyl groups is 1. The van der Waals surface area contributed by atoms with Crippen molar-refractivity contribution >= 4 is 11.7 Å². The zero-order chi connectivity index (χ0) is 25.2. The minimum absolute atomic E-state index is 0.0194. The Morgan fingerprint density at radius 3 is 2.71 bits per heavy atom. The molecule has 3 aromatic rings. The first kappa shape index (κ1) is 24.1. The molecule has 1 aliphatic rings. The summed E-state index contributed by atoms with van der Waals surface area (Å²) >= 11 is 0. The highest BCUT2D eigenvalue weighted by molar-refractivity contribution is 5.68. The minimum atomic E-state index is -1.12. The van der Waals surface area contributed by atoms with Gasteiger partial charge in [0.05, 0.1) is 24.2 Å². The molecule has 4 rings (SSSR count). The maximum Gasteiger partial charge on any atom is 0.329 e. The van der Waals surface area contributed by atoms with Gasteiger partial charge >= 0.3 is 5.97 Å². The summed E-state index contributed by atoms with van der Waals surface area (Å²) in [6.07, 6.45) is -1.06. The fraction of sp³-hybridized carbons (Fsp3) is 0.333. The number of carboxylic acids is 1. The molecule has 2 aromatic carbocycles. The monoisotopic (exact) mass is 482 g/mol. The maximum absolute atomic E-state index is 13.7. The van der Waals surface area contributed by atoms with Crippen molar-refractivity contribution in [3.05, 3.63) is 71.1 Å². The second-order valence-corrected chi connectivity index (χ2v) is 8.55. The number of halogens is 1. The number of aromatic nitrogens is 2. The highest BCUT2D eigenvalue weighted by Gasteiger charge is 2.46. The molecule has 1 aliphatic heterocycles. The van der Waals surface area contributed by atoms with Crippen LogP contribution in [0.5, 0.6) is 5.75 Å². The number of carbonyl (C=O) groups is 1. The standard InChI is InChI=1S/C24H23FN4O6/c1-24(2)23(32)22(17-9-14(10-26)3-8-18(17)34-24)29(16-6-4-15(25)5-7-16)11-20-27-19(28-35-20)12-33-13-21(30)31/h3-9,22-23,32H,11-13H2,1-2H3,(H,30,31). The molecule has 10 nitrogen and oxygen atoms in total. The normalized spacial score (nSPS) is 18.3. The van der Waals surface area contributed by atoms with Crippen molar-refractivity contribution in [1.82, 2.24) is 10.1 Å². The van der Waals surface area contributed by atoms with Gasteiger partial charge in [0.25, 0.3) is 0 Å². The number of benzene rings is 2. The van der Waals surface area contributed by atoms with Gasteiger partial charge in [-0.05, 0) is 56.3 Å². The zero-order valence-electron chi connectivity index (χ0n) is 19.0. The molecule has 1 aromatic heterocycles. The Morgan fingerprint density at radius 2 is 2.03 bits per heavy atom. The van der Waals surface area contributed by atoms with Crippen LogP contribution in [0.2, 0.25) is 0 Å². The molecule has 2 unspecified atom stereocenters. The minimum Gasteiger partial charge on any atom is -0.485 e. The van der Waals surface area contributed by atoms with Crippen molar-refractivity contribution < 1.29 is 33.4 Å². The third-order valence-corrected chi connectivity index (χ3v) is 5.61. The van der Waals surface area contributed by atoms with Crippen LogP contribution < -0.4 is 9.64 Å². The van der Waals surface area contributed by atoms with Gasteiger partial charge in [-0.2, -0.15) is 10.2 Å². The molecule has 0 saturated carbocycles. The highest BCUT2D eigenvalue weighted by atomic mass is 19.1. The average molecular weight is 482 g/mol. The number of nitriles is 1. The van der Waals surface area contributed by atoms with E-state index >= 15 is 0 Å². The van der Waals surface area contributed by atoms with E-state index in [0.717, 1.165) is 0 Å². The maximum atomic E-state index is 13.7. The summed E-state index contributed by atoms with van der Waals surface area (Å²) in [6, 6.07) is 12.1. The van der Waals surface area contributed by atoms with Crippen LogP contribution >= 0.6 is 0 Å². The molecule has 0 spiro atoms. The zero-order valence-corrected chi connectivity index (χ0v) is 19.0. The van der Waals surface area contributed by atoms with Crippen molar-refractivity contribution in [2.24, 2.45) is 0 Å². The Hall–Kier alpha value is -4.01. The van der Waals surface area contributed by atoms with Gasteiger partial charge in [-0.1, -0.05) is 5.16 Å². The molecule has 0 bridgehead atoms. The third kappa shape index (κ3) is 5.24. The number of aliphatic carboxylic acids is 1. The van der Waals surface area contributed by atoms with Crippen molar-refractivity contribution in [3.63, 3.8) is 0 Å². The van der Waals surface area contributed by atoms with Crippen molar-refractivity contribution in [1.29, 1.82) is 5.26 Å². The number of fused-ring (bicyclic) bond motifs is 1. The fourth-order valence-electron chi connectivity index (χ4n) is 3.95. The summed E-state index contributed by atoms with van der Waals surface area (Å²) in [5.41, 5.74) is 0.529. The van der Waals surface area contributed by atoms with Gasteiger partial charge in [-0.15, -0.1) is 0 Å². The number of aliphatic hydroxyl groups excluding tert-OH is 1. The Kier molecular flexibility index (Phi) is 6.68. The van der Waals surface area contributed by atoms with Crippen molar-refractivity contribution in [2.75, 3.05) is 11.5 Å². The summed E-state index contributed by atoms with van der Waals surface area (Å²) < 4.78 is 30.1. The van der Waals surface area contributed by atoms with Gasteiger partial charge in [-0.3, -0.25) is 0 Å². The van der Waals surface area contributed by atoms with Crippen LogP contribution in [0.25, 0.3) is 0 Å². The summed E-state index contributed by atoms with van der Waals surface area (Å²) in [5.74, 6) is -0.727. The van der Waals surface area contributed by atoms with Crippen LogP contribution in [-0.4, -0.2) is 44.6 Å². The third-order valence-electron chi connectivity index (χ3n) is 5.61. The fourth-order valence-corrected chi connectivity index (χ4v) is 3.95. The van der Waals surface area contributed by atoms with E-state index in [0.29, 0.717) is 22.6 Å². The number of anilines is 1. The van der Waals surface area contributed by atoms with E-state index in [2.05, 4.69) is 16.2 Å². The predicted molar refractivity (Wildman–Crippen MR) is 119 cm³/mol. The van der Waals surface area contributed by atoms with E-state index in [9.17, 15) is 19.6 Å². The van der Waals surface area contributed by atoms with Crippen molar-refractivity contribution in [2.45, 2.75) is 44.7 Å². The average Bonchev–Trinajstić information content (AvgIpc) is 3.26. The molecule has 35 heavy (non-hydrogen) atoms. The topological polar surface area (TPSA) is 142 Å². The van der Waals surface area contributed by atoms with Crippen LogP contribution in [0, 0.1) is 17.1 Å². The first-order valence-electron chi connectivity index (χ1n) is 10.7. The predicted octanol–water partition coefficient (Wildman–Crippen LogP) is 2.96. The second kappa shape index (κ2) is 9.69. The Bertz CT molecular complexity index is 1250. The lowest BCUT2D eigenvalue weighted by atomic mass is 9.84. The lowest BCUT2D eigenvalue weighted by Crippen LogP contribution is -2.53. The molecule has 2 N–H and O–H groups in total. The van der Waals surface area contributed by atoms with Crippen LogP contribution in [-0.2, 0) is 22.7 Å². The number of carboxylic acid groups (broad SMARTS) is 1. The number of nitrogens with zero attached hydrogens (tertiary/aromatic N) is 4. The van der Waals surface area contributed by atoms with Gasteiger partial charge < -0.3 is 29.1 Å². The molecule has 11 heteroatoms. The largest absolute Gasteiger partial charge is 0.485 e. The summed E-state index contributed by atoms with van der Waals surface area (Å²) in [6.45, 7) is 2.85. The van der Waals surface area contributed by atoms with Crippen LogP contribution in [0.15, 0.2) is 47.0 Å². The van der Waals surface area contributed by atoms with E-state index < -0.39 is 36.1 Å². The van der Waals surface area contributed by atoms with Crippen LogP contribution in [0.1, 0.15) is 42.7 Å². The van der Waals surface area contributed by atoms with Crippen LogP contribution in [0.3, 0.4) is 0 Å². The molecule has 2 atom stereocenters. The number of hydrogen-bond donors (Lipinski definition) is 2. The van der Waals surface area contributed by atoms with Crippen LogP contribution in [0.4, 0.5) is 10.1 Å². The smallest absolute Gasteiger partial charge is 0.329 e. The van der Waals surface area contributed by atoms with E-state index in [4.69, 9.17) is 19.1 Å². The van der Waals surface area contributed by atoms with Gasteiger partial charge in [0.15, 0.2) is 5.82 Å².